The Labute approximate surface area is 90.4 Å². The Balaban J connectivity index is 1.85. The summed E-state index contributed by atoms with van der Waals surface area (Å²) in [7, 11) is 0. The number of hydrogen-bond acceptors (Lipinski definition) is 1. The fourth-order valence-corrected chi connectivity index (χ4v) is 2.64. The van der Waals surface area contributed by atoms with E-state index in [1.807, 2.05) is 6.07 Å². The summed E-state index contributed by atoms with van der Waals surface area (Å²) in [5.74, 6) is 1.58. The lowest BCUT2D eigenvalue weighted by Crippen LogP contribution is -2.27. The van der Waals surface area contributed by atoms with Crippen molar-refractivity contribution in [1.82, 2.24) is 4.90 Å². The largest absolute Gasteiger partial charge is 0.349 e. The molecule has 1 aliphatic carbocycles. The van der Waals surface area contributed by atoms with E-state index in [4.69, 9.17) is 5.41 Å². The molecule has 2 unspecified atom stereocenters. The van der Waals surface area contributed by atoms with Gasteiger partial charge in [0.2, 0.25) is 0 Å². The summed E-state index contributed by atoms with van der Waals surface area (Å²) in [4.78, 5) is 2.28. The molecule has 1 fully saturated rings. The van der Waals surface area contributed by atoms with Crippen molar-refractivity contribution in [2.24, 2.45) is 5.92 Å². The van der Waals surface area contributed by atoms with Crippen LogP contribution in [0.15, 0.2) is 24.3 Å². The van der Waals surface area contributed by atoms with Gasteiger partial charge < -0.3 is 4.90 Å². The molecule has 1 N–H and O–H groups in total. The standard InChI is InChI=1S/C13H16N2/c1-2-9-7-12(9)15-8-10-5-3-4-6-11(10)13(15)14/h3-6,9,12,14H,2,7-8H2,1H3. The van der Waals surface area contributed by atoms with Crippen molar-refractivity contribution in [2.75, 3.05) is 0 Å². The monoisotopic (exact) mass is 200 g/mol. The number of amidine groups is 1. The molecule has 0 radical (unpaired) electrons. The number of hydrogen-bond donors (Lipinski definition) is 1. The molecule has 0 saturated heterocycles. The van der Waals surface area contributed by atoms with Gasteiger partial charge in [0, 0.05) is 18.2 Å². The minimum absolute atomic E-state index is 0.648. The predicted molar refractivity (Wildman–Crippen MR) is 61.0 cm³/mol. The van der Waals surface area contributed by atoms with E-state index in [9.17, 15) is 0 Å². The Morgan fingerprint density at radius 3 is 2.87 bits per heavy atom. The molecule has 2 atom stereocenters. The summed E-state index contributed by atoms with van der Waals surface area (Å²) in [5.41, 5.74) is 2.46. The third kappa shape index (κ3) is 1.28. The molecule has 1 heterocycles. The van der Waals surface area contributed by atoms with Crippen LogP contribution in [0.25, 0.3) is 0 Å². The van der Waals surface area contributed by atoms with E-state index in [-0.39, 0.29) is 0 Å². The first-order valence-electron chi connectivity index (χ1n) is 5.74. The number of nitrogens with one attached hydrogen (secondary N) is 1. The van der Waals surface area contributed by atoms with Crippen LogP contribution < -0.4 is 0 Å². The highest BCUT2D eigenvalue weighted by Crippen LogP contribution is 2.41. The Morgan fingerprint density at radius 1 is 1.40 bits per heavy atom. The van der Waals surface area contributed by atoms with Crippen LogP contribution in [0.2, 0.25) is 0 Å². The van der Waals surface area contributed by atoms with E-state index in [0.29, 0.717) is 6.04 Å². The summed E-state index contributed by atoms with van der Waals surface area (Å²) in [6.07, 6.45) is 2.54. The molecule has 0 aromatic heterocycles. The van der Waals surface area contributed by atoms with Gasteiger partial charge in [0.05, 0.1) is 0 Å². The number of rotatable bonds is 2. The first-order valence-corrected chi connectivity index (χ1v) is 5.74. The van der Waals surface area contributed by atoms with Crippen LogP contribution >= 0.6 is 0 Å². The van der Waals surface area contributed by atoms with Gasteiger partial charge in [0.1, 0.15) is 5.84 Å². The van der Waals surface area contributed by atoms with E-state index >= 15 is 0 Å². The quantitative estimate of drug-likeness (QED) is 0.780. The number of benzene rings is 1. The van der Waals surface area contributed by atoms with Gasteiger partial charge in [-0.2, -0.15) is 0 Å². The second-order valence-electron chi connectivity index (χ2n) is 4.61. The summed E-state index contributed by atoms with van der Waals surface area (Å²) < 4.78 is 0. The second-order valence-corrected chi connectivity index (χ2v) is 4.61. The maximum Gasteiger partial charge on any atom is 0.128 e. The average molecular weight is 200 g/mol. The van der Waals surface area contributed by atoms with Gasteiger partial charge in [-0.25, -0.2) is 0 Å². The van der Waals surface area contributed by atoms with Crippen LogP contribution in [-0.2, 0) is 6.54 Å². The van der Waals surface area contributed by atoms with E-state index < -0.39 is 0 Å². The van der Waals surface area contributed by atoms with Crippen molar-refractivity contribution in [3.8, 4) is 0 Å². The smallest absolute Gasteiger partial charge is 0.128 e. The first-order chi connectivity index (χ1) is 7.31. The zero-order valence-electron chi connectivity index (χ0n) is 9.03. The Bertz CT molecular complexity index is 411. The lowest BCUT2D eigenvalue weighted by molar-refractivity contribution is 0.394. The lowest BCUT2D eigenvalue weighted by Gasteiger charge is -2.17. The van der Waals surface area contributed by atoms with Crippen molar-refractivity contribution in [3.05, 3.63) is 35.4 Å². The summed E-state index contributed by atoms with van der Waals surface area (Å²) in [6, 6.07) is 8.96. The molecule has 2 nitrogen and oxygen atoms in total. The second kappa shape index (κ2) is 3.09. The minimum Gasteiger partial charge on any atom is -0.349 e. The zero-order chi connectivity index (χ0) is 10.4. The van der Waals surface area contributed by atoms with Crippen molar-refractivity contribution >= 4 is 5.84 Å². The van der Waals surface area contributed by atoms with E-state index in [1.165, 1.54) is 18.4 Å². The highest BCUT2D eigenvalue weighted by molar-refractivity contribution is 6.00. The maximum absolute atomic E-state index is 8.15. The minimum atomic E-state index is 0.648. The molecule has 0 spiro atoms. The Hall–Kier alpha value is -1.31. The van der Waals surface area contributed by atoms with Crippen molar-refractivity contribution in [2.45, 2.75) is 32.4 Å². The molecule has 2 aliphatic rings. The van der Waals surface area contributed by atoms with Crippen LogP contribution in [0.1, 0.15) is 30.9 Å². The van der Waals surface area contributed by atoms with Gasteiger partial charge in [0.25, 0.3) is 0 Å². The fourth-order valence-electron chi connectivity index (χ4n) is 2.64. The highest BCUT2D eigenvalue weighted by atomic mass is 15.2. The van der Waals surface area contributed by atoms with Gasteiger partial charge in [-0.15, -0.1) is 0 Å². The zero-order valence-corrected chi connectivity index (χ0v) is 9.03. The van der Waals surface area contributed by atoms with Crippen molar-refractivity contribution in [3.63, 3.8) is 0 Å². The fraction of sp³-hybridized carbons (Fsp3) is 0.462. The third-order valence-electron chi connectivity index (χ3n) is 3.71. The third-order valence-corrected chi connectivity index (χ3v) is 3.71. The SMILES string of the molecule is CCC1CC1N1Cc2ccccc2C1=N. The number of fused-ring (bicyclic) bond motifs is 1. The molecule has 78 valence electrons. The molecular formula is C13H16N2. The van der Waals surface area contributed by atoms with Gasteiger partial charge in [-0.05, 0) is 17.9 Å². The van der Waals surface area contributed by atoms with E-state index in [2.05, 4.69) is 30.0 Å². The lowest BCUT2D eigenvalue weighted by atomic mass is 10.1. The Kier molecular flexibility index (Phi) is 1.84. The average Bonchev–Trinajstić information content (AvgIpc) is 2.98. The van der Waals surface area contributed by atoms with Crippen LogP contribution in [0, 0.1) is 11.3 Å². The normalized spacial score (nSPS) is 28.1. The van der Waals surface area contributed by atoms with Gasteiger partial charge in [-0.1, -0.05) is 37.6 Å². The molecule has 0 bridgehead atoms. The molecule has 2 heteroatoms. The van der Waals surface area contributed by atoms with Crippen LogP contribution in [0.5, 0.6) is 0 Å². The predicted octanol–water partition coefficient (Wildman–Crippen LogP) is 2.63. The molecule has 1 aromatic carbocycles. The van der Waals surface area contributed by atoms with Gasteiger partial charge >= 0.3 is 0 Å². The summed E-state index contributed by atoms with van der Waals surface area (Å²) in [6.45, 7) is 3.20. The molecule has 0 amide bonds. The topological polar surface area (TPSA) is 27.1 Å². The molecule has 1 aromatic rings. The van der Waals surface area contributed by atoms with Crippen LogP contribution in [0.3, 0.4) is 0 Å². The van der Waals surface area contributed by atoms with Crippen molar-refractivity contribution in [1.29, 1.82) is 5.41 Å². The summed E-state index contributed by atoms with van der Waals surface area (Å²) in [5, 5.41) is 8.15. The molecule has 3 rings (SSSR count). The van der Waals surface area contributed by atoms with E-state index in [0.717, 1.165) is 23.9 Å². The highest BCUT2D eigenvalue weighted by Gasteiger charge is 2.43. The maximum atomic E-state index is 8.15. The number of nitrogens with zero attached hydrogens (tertiary/aromatic N) is 1. The van der Waals surface area contributed by atoms with Crippen molar-refractivity contribution < 1.29 is 0 Å². The van der Waals surface area contributed by atoms with Crippen LogP contribution in [0.4, 0.5) is 0 Å². The van der Waals surface area contributed by atoms with Gasteiger partial charge in [0.15, 0.2) is 0 Å². The Morgan fingerprint density at radius 2 is 2.20 bits per heavy atom. The van der Waals surface area contributed by atoms with E-state index in [1.54, 1.807) is 0 Å². The molecular weight excluding hydrogens is 184 g/mol. The van der Waals surface area contributed by atoms with Crippen LogP contribution in [-0.4, -0.2) is 16.8 Å². The molecule has 1 aliphatic heterocycles. The molecule has 15 heavy (non-hydrogen) atoms. The first kappa shape index (κ1) is 8.96. The van der Waals surface area contributed by atoms with Gasteiger partial charge in [-0.3, -0.25) is 5.41 Å². The summed E-state index contributed by atoms with van der Waals surface area (Å²) >= 11 is 0. The molecule has 1 saturated carbocycles.